The van der Waals surface area contributed by atoms with E-state index in [1.165, 1.54) is 12.1 Å². The van der Waals surface area contributed by atoms with Crippen LogP contribution in [0.5, 0.6) is 0 Å². The van der Waals surface area contributed by atoms with Crippen LogP contribution in [0.25, 0.3) is 0 Å². The highest BCUT2D eigenvalue weighted by Gasteiger charge is 2.26. The molecule has 0 spiro atoms. The van der Waals surface area contributed by atoms with Gasteiger partial charge in [0.25, 0.3) is 0 Å². The lowest BCUT2D eigenvalue weighted by molar-refractivity contribution is -0.133. The van der Waals surface area contributed by atoms with Crippen LogP contribution >= 0.6 is 0 Å². The van der Waals surface area contributed by atoms with Gasteiger partial charge in [-0.1, -0.05) is 43.2 Å². The molecule has 3 rings (SSSR count). The number of hydrogen-bond donors (Lipinski definition) is 1. The molecule has 1 fully saturated rings. The molecule has 2 aromatic rings. The first kappa shape index (κ1) is 20.1. The largest absolute Gasteiger partial charge is 0.478 e. The van der Waals surface area contributed by atoms with E-state index >= 15 is 0 Å². The molecule has 0 unspecified atom stereocenters. The van der Waals surface area contributed by atoms with Crippen molar-refractivity contribution in [3.63, 3.8) is 0 Å². The van der Waals surface area contributed by atoms with Crippen molar-refractivity contribution in [3.05, 3.63) is 71.0 Å². The quantitative estimate of drug-likeness (QED) is 0.732. The summed E-state index contributed by atoms with van der Waals surface area (Å²) in [5.74, 6) is -1.19. The van der Waals surface area contributed by atoms with Crippen molar-refractivity contribution in [2.75, 3.05) is 6.54 Å². The number of carbonyl (C=O) groups excluding carboxylic acids is 1. The number of benzene rings is 2. The molecule has 0 radical (unpaired) electrons. The fourth-order valence-electron chi connectivity index (χ4n) is 4.00. The molecule has 0 atom stereocenters. The SMILES string of the molecule is O=C(O)c1ccccc1CCC(=O)N(CCc1cccc(F)c1)C1CCCC1. The van der Waals surface area contributed by atoms with Gasteiger partial charge >= 0.3 is 5.97 Å². The van der Waals surface area contributed by atoms with Gasteiger partial charge in [-0.25, -0.2) is 9.18 Å². The molecule has 1 amide bonds. The lowest BCUT2D eigenvalue weighted by Gasteiger charge is -2.29. The minimum atomic E-state index is -0.971. The molecular formula is C23H26FNO3. The molecule has 0 bridgehead atoms. The van der Waals surface area contributed by atoms with Crippen molar-refractivity contribution in [2.45, 2.75) is 51.0 Å². The minimum Gasteiger partial charge on any atom is -0.478 e. The predicted octanol–water partition coefficient (Wildman–Crippen LogP) is 4.47. The van der Waals surface area contributed by atoms with Gasteiger partial charge in [0.15, 0.2) is 0 Å². The van der Waals surface area contributed by atoms with Crippen LogP contribution in [-0.2, 0) is 17.6 Å². The molecule has 28 heavy (non-hydrogen) atoms. The van der Waals surface area contributed by atoms with Crippen LogP contribution in [0.1, 0.15) is 53.6 Å². The Bertz CT molecular complexity index is 830. The maximum Gasteiger partial charge on any atom is 0.335 e. The van der Waals surface area contributed by atoms with Crippen LogP contribution in [-0.4, -0.2) is 34.5 Å². The van der Waals surface area contributed by atoms with Gasteiger partial charge in [-0.05, 0) is 55.0 Å². The fraction of sp³-hybridized carbons (Fsp3) is 0.391. The summed E-state index contributed by atoms with van der Waals surface area (Å²) < 4.78 is 13.4. The van der Waals surface area contributed by atoms with Crippen LogP contribution in [0.3, 0.4) is 0 Å². The Morgan fingerprint density at radius 1 is 1.04 bits per heavy atom. The molecule has 2 aromatic carbocycles. The van der Waals surface area contributed by atoms with Crippen molar-refractivity contribution < 1.29 is 19.1 Å². The molecule has 1 aliphatic carbocycles. The molecule has 1 saturated carbocycles. The third-order valence-corrected chi connectivity index (χ3v) is 5.47. The van der Waals surface area contributed by atoms with Gasteiger partial charge in [0, 0.05) is 19.0 Å². The maximum absolute atomic E-state index is 13.4. The lowest BCUT2D eigenvalue weighted by Crippen LogP contribution is -2.40. The Morgan fingerprint density at radius 3 is 2.50 bits per heavy atom. The van der Waals surface area contributed by atoms with Crippen LogP contribution < -0.4 is 0 Å². The summed E-state index contributed by atoms with van der Waals surface area (Å²) in [6.07, 6.45) is 5.55. The number of aromatic carboxylic acids is 1. The van der Waals surface area contributed by atoms with E-state index in [-0.39, 0.29) is 29.8 Å². The number of rotatable bonds is 8. The third-order valence-electron chi connectivity index (χ3n) is 5.47. The van der Waals surface area contributed by atoms with Gasteiger partial charge in [0.2, 0.25) is 5.91 Å². The highest BCUT2D eigenvalue weighted by molar-refractivity contribution is 5.89. The monoisotopic (exact) mass is 383 g/mol. The van der Waals surface area contributed by atoms with Crippen molar-refractivity contribution in [2.24, 2.45) is 0 Å². The van der Waals surface area contributed by atoms with E-state index in [4.69, 9.17) is 0 Å². The van der Waals surface area contributed by atoms with Gasteiger partial charge < -0.3 is 10.0 Å². The van der Waals surface area contributed by atoms with E-state index in [9.17, 15) is 19.1 Å². The third kappa shape index (κ3) is 5.18. The Hall–Kier alpha value is -2.69. The smallest absolute Gasteiger partial charge is 0.335 e. The van der Waals surface area contributed by atoms with Crippen molar-refractivity contribution >= 4 is 11.9 Å². The van der Waals surface area contributed by atoms with Crippen molar-refractivity contribution in [1.29, 1.82) is 0 Å². The first-order valence-corrected chi connectivity index (χ1v) is 9.89. The number of carboxylic acids is 1. The van der Waals surface area contributed by atoms with E-state index in [2.05, 4.69) is 0 Å². The van der Waals surface area contributed by atoms with Crippen LogP contribution in [0.15, 0.2) is 48.5 Å². The van der Waals surface area contributed by atoms with E-state index < -0.39 is 5.97 Å². The second-order valence-corrected chi connectivity index (χ2v) is 7.37. The number of carbonyl (C=O) groups is 2. The highest BCUT2D eigenvalue weighted by Crippen LogP contribution is 2.25. The zero-order valence-electron chi connectivity index (χ0n) is 15.9. The average Bonchev–Trinajstić information content (AvgIpc) is 3.21. The lowest BCUT2D eigenvalue weighted by atomic mass is 10.0. The van der Waals surface area contributed by atoms with E-state index in [1.54, 1.807) is 30.3 Å². The Labute approximate surface area is 165 Å². The molecular weight excluding hydrogens is 357 g/mol. The summed E-state index contributed by atoms with van der Waals surface area (Å²) in [6, 6.07) is 13.6. The second-order valence-electron chi connectivity index (χ2n) is 7.37. The maximum atomic E-state index is 13.4. The molecule has 0 aromatic heterocycles. The van der Waals surface area contributed by atoms with Crippen molar-refractivity contribution in [1.82, 2.24) is 4.90 Å². The number of aryl methyl sites for hydroxylation is 1. The number of nitrogens with zero attached hydrogens (tertiary/aromatic N) is 1. The molecule has 0 aliphatic heterocycles. The van der Waals surface area contributed by atoms with Gasteiger partial charge in [0.05, 0.1) is 5.56 Å². The minimum absolute atomic E-state index is 0.0449. The number of halogens is 1. The van der Waals surface area contributed by atoms with E-state index in [0.29, 0.717) is 24.9 Å². The van der Waals surface area contributed by atoms with Gasteiger partial charge in [-0.3, -0.25) is 4.79 Å². The van der Waals surface area contributed by atoms with Crippen LogP contribution in [0.4, 0.5) is 4.39 Å². The zero-order valence-corrected chi connectivity index (χ0v) is 15.9. The van der Waals surface area contributed by atoms with Crippen molar-refractivity contribution in [3.8, 4) is 0 Å². The summed E-state index contributed by atoms with van der Waals surface area (Å²) in [4.78, 5) is 26.3. The molecule has 148 valence electrons. The number of amides is 1. The zero-order chi connectivity index (χ0) is 19.9. The molecule has 5 heteroatoms. The summed E-state index contributed by atoms with van der Waals surface area (Å²) in [5.41, 5.74) is 1.81. The highest BCUT2D eigenvalue weighted by atomic mass is 19.1. The summed E-state index contributed by atoms with van der Waals surface area (Å²) >= 11 is 0. The van der Waals surface area contributed by atoms with Gasteiger partial charge in [-0.15, -0.1) is 0 Å². The predicted molar refractivity (Wildman–Crippen MR) is 106 cm³/mol. The summed E-state index contributed by atoms with van der Waals surface area (Å²) in [7, 11) is 0. The fourth-order valence-corrected chi connectivity index (χ4v) is 4.00. The topological polar surface area (TPSA) is 57.6 Å². The number of carboxylic acid groups (broad SMARTS) is 1. The van der Waals surface area contributed by atoms with Gasteiger partial charge in [0.1, 0.15) is 5.82 Å². The molecule has 0 heterocycles. The van der Waals surface area contributed by atoms with E-state index in [0.717, 1.165) is 31.2 Å². The Balaban J connectivity index is 1.66. The first-order valence-electron chi connectivity index (χ1n) is 9.89. The molecule has 4 nitrogen and oxygen atoms in total. The van der Waals surface area contributed by atoms with Crippen LogP contribution in [0.2, 0.25) is 0 Å². The van der Waals surface area contributed by atoms with E-state index in [1.807, 2.05) is 11.0 Å². The Kier molecular flexibility index (Phi) is 6.80. The molecule has 0 saturated heterocycles. The standard InChI is InChI=1S/C23H26FNO3/c24-19-8-5-6-17(16-19)14-15-25(20-9-2-3-10-20)22(26)13-12-18-7-1-4-11-21(18)23(27)28/h1,4-8,11,16,20H,2-3,9-10,12-15H2,(H,27,28). The average molecular weight is 383 g/mol. The molecule has 1 N–H and O–H groups in total. The Morgan fingerprint density at radius 2 is 1.79 bits per heavy atom. The first-order chi connectivity index (χ1) is 13.5. The summed E-state index contributed by atoms with van der Waals surface area (Å²) in [5, 5.41) is 9.32. The molecule has 1 aliphatic rings. The normalized spacial score (nSPS) is 14.2. The van der Waals surface area contributed by atoms with Gasteiger partial charge in [-0.2, -0.15) is 0 Å². The number of hydrogen-bond acceptors (Lipinski definition) is 2. The summed E-state index contributed by atoms with van der Waals surface area (Å²) in [6.45, 7) is 0.563. The van der Waals surface area contributed by atoms with Crippen LogP contribution in [0, 0.1) is 5.82 Å². The second kappa shape index (κ2) is 9.49.